The fourth-order valence-corrected chi connectivity index (χ4v) is 4.61. The first-order chi connectivity index (χ1) is 9.20. The topological polar surface area (TPSA) is 35.5 Å². The Bertz CT molecular complexity index is 286. The fourth-order valence-electron chi connectivity index (χ4n) is 4.61. The van der Waals surface area contributed by atoms with Crippen LogP contribution < -0.4 is 5.32 Å². The monoisotopic (exact) mass is 266 g/mol. The van der Waals surface area contributed by atoms with Gasteiger partial charge in [-0.1, -0.05) is 19.3 Å². The number of rotatable bonds is 2. The van der Waals surface area contributed by atoms with Gasteiger partial charge in [0.25, 0.3) is 0 Å². The molecular formula is C16H30N2O. The zero-order chi connectivity index (χ0) is 13.2. The lowest BCUT2D eigenvalue weighted by Gasteiger charge is -2.47. The van der Waals surface area contributed by atoms with Gasteiger partial charge in [0.15, 0.2) is 0 Å². The van der Waals surface area contributed by atoms with E-state index in [2.05, 4.69) is 10.2 Å². The largest absolute Gasteiger partial charge is 0.389 e. The molecule has 1 aliphatic carbocycles. The highest BCUT2D eigenvalue weighted by atomic mass is 16.3. The SMILES string of the molecule is OC1(CN2CCCC3(CCCNC3)C2)CCCCC1. The molecule has 2 N–H and O–H groups in total. The molecule has 2 aliphatic heterocycles. The van der Waals surface area contributed by atoms with Crippen molar-refractivity contribution in [2.45, 2.75) is 63.4 Å². The molecule has 2 saturated heterocycles. The molecule has 1 saturated carbocycles. The van der Waals surface area contributed by atoms with Crippen LogP contribution in [0.1, 0.15) is 57.8 Å². The minimum atomic E-state index is -0.376. The second-order valence-corrected chi connectivity index (χ2v) is 7.38. The molecule has 0 amide bonds. The molecule has 3 rings (SSSR count). The van der Waals surface area contributed by atoms with Crippen LogP contribution in [0.3, 0.4) is 0 Å². The van der Waals surface area contributed by atoms with E-state index in [1.807, 2.05) is 0 Å². The van der Waals surface area contributed by atoms with Gasteiger partial charge < -0.3 is 10.4 Å². The van der Waals surface area contributed by atoms with Crippen LogP contribution in [0, 0.1) is 5.41 Å². The third kappa shape index (κ3) is 3.32. The van der Waals surface area contributed by atoms with Crippen molar-refractivity contribution in [1.29, 1.82) is 0 Å². The van der Waals surface area contributed by atoms with Gasteiger partial charge in [-0.2, -0.15) is 0 Å². The van der Waals surface area contributed by atoms with E-state index < -0.39 is 0 Å². The highest BCUT2D eigenvalue weighted by Gasteiger charge is 2.39. The zero-order valence-corrected chi connectivity index (χ0v) is 12.3. The highest BCUT2D eigenvalue weighted by molar-refractivity contribution is 4.94. The zero-order valence-electron chi connectivity index (χ0n) is 12.3. The van der Waals surface area contributed by atoms with Crippen molar-refractivity contribution in [2.75, 3.05) is 32.7 Å². The number of β-amino-alcohol motifs (C(OH)–C–C–N with tert-alkyl or cyclic N) is 1. The van der Waals surface area contributed by atoms with Gasteiger partial charge >= 0.3 is 0 Å². The number of piperidine rings is 2. The molecule has 1 spiro atoms. The Balaban J connectivity index is 1.58. The summed E-state index contributed by atoms with van der Waals surface area (Å²) in [5.74, 6) is 0. The van der Waals surface area contributed by atoms with E-state index in [-0.39, 0.29) is 5.60 Å². The molecule has 3 fully saturated rings. The lowest BCUT2D eigenvalue weighted by atomic mass is 9.74. The molecule has 1 unspecified atom stereocenters. The summed E-state index contributed by atoms with van der Waals surface area (Å²) < 4.78 is 0. The molecule has 0 bridgehead atoms. The van der Waals surface area contributed by atoms with Crippen molar-refractivity contribution in [2.24, 2.45) is 5.41 Å². The molecule has 3 heteroatoms. The Morgan fingerprint density at radius 2 is 1.74 bits per heavy atom. The molecule has 110 valence electrons. The summed E-state index contributed by atoms with van der Waals surface area (Å²) in [6.45, 7) is 5.73. The summed E-state index contributed by atoms with van der Waals surface area (Å²) >= 11 is 0. The molecule has 1 atom stereocenters. The van der Waals surface area contributed by atoms with E-state index in [1.54, 1.807) is 0 Å². The van der Waals surface area contributed by atoms with Crippen molar-refractivity contribution in [1.82, 2.24) is 10.2 Å². The van der Waals surface area contributed by atoms with Gasteiger partial charge in [-0.3, -0.25) is 4.90 Å². The quantitative estimate of drug-likeness (QED) is 0.804. The van der Waals surface area contributed by atoms with Gasteiger partial charge in [-0.25, -0.2) is 0 Å². The minimum Gasteiger partial charge on any atom is -0.389 e. The molecule has 2 heterocycles. The van der Waals surface area contributed by atoms with Crippen LogP contribution >= 0.6 is 0 Å². The molecule has 3 aliphatic rings. The van der Waals surface area contributed by atoms with Gasteiger partial charge in [-0.15, -0.1) is 0 Å². The molecule has 0 radical (unpaired) electrons. The summed E-state index contributed by atoms with van der Waals surface area (Å²) in [5, 5.41) is 14.3. The highest BCUT2D eigenvalue weighted by Crippen LogP contribution is 2.37. The number of hydrogen-bond donors (Lipinski definition) is 2. The minimum absolute atomic E-state index is 0.376. The fraction of sp³-hybridized carbons (Fsp3) is 1.00. The van der Waals surface area contributed by atoms with Crippen LogP contribution in [0.5, 0.6) is 0 Å². The van der Waals surface area contributed by atoms with E-state index in [0.29, 0.717) is 5.41 Å². The molecule has 3 nitrogen and oxygen atoms in total. The van der Waals surface area contributed by atoms with E-state index in [1.165, 1.54) is 71.1 Å². The summed E-state index contributed by atoms with van der Waals surface area (Å²) in [5.41, 5.74) is 0.139. The van der Waals surface area contributed by atoms with Crippen LogP contribution in [0.25, 0.3) is 0 Å². The maximum atomic E-state index is 10.8. The normalized spacial score (nSPS) is 36.5. The van der Waals surface area contributed by atoms with Crippen LogP contribution in [0.15, 0.2) is 0 Å². The van der Waals surface area contributed by atoms with Gasteiger partial charge in [0.2, 0.25) is 0 Å². The molecule has 0 aromatic rings. The van der Waals surface area contributed by atoms with Crippen molar-refractivity contribution in [3.8, 4) is 0 Å². The summed E-state index contributed by atoms with van der Waals surface area (Å²) in [4.78, 5) is 2.57. The Morgan fingerprint density at radius 1 is 0.947 bits per heavy atom. The molecule has 0 aromatic carbocycles. The summed E-state index contributed by atoms with van der Waals surface area (Å²) in [6, 6.07) is 0. The average Bonchev–Trinajstić information content (AvgIpc) is 2.40. The van der Waals surface area contributed by atoms with Crippen LogP contribution in [0.4, 0.5) is 0 Å². The third-order valence-electron chi connectivity index (χ3n) is 5.60. The van der Waals surface area contributed by atoms with Gasteiger partial charge in [0.1, 0.15) is 0 Å². The van der Waals surface area contributed by atoms with Gasteiger partial charge in [-0.05, 0) is 57.0 Å². The number of nitrogens with zero attached hydrogens (tertiary/aromatic N) is 1. The Kier molecular flexibility index (Phi) is 4.16. The maximum absolute atomic E-state index is 10.8. The van der Waals surface area contributed by atoms with E-state index >= 15 is 0 Å². The smallest absolute Gasteiger partial charge is 0.0774 e. The predicted molar refractivity (Wildman–Crippen MR) is 78.2 cm³/mol. The van der Waals surface area contributed by atoms with Gasteiger partial charge in [0.05, 0.1) is 5.60 Å². The Labute approximate surface area is 117 Å². The van der Waals surface area contributed by atoms with Crippen molar-refractivity contribution >= 4 is 0 Å². The first kappa shape index (κ1) is 13.8. The number of nitrogens with one attached hydrogen (secondary N) is 1. The van der Waals surface area contributed by atoms with Crippen molar-refractivity contribution < 1.29 is 5.11 Å². The second kappa shape index (κ2) is 5.71. The first-order valence-electron chi connectivity index (χ1n) is 8.35. The lowest BCUT2D eigenvalue weighted by Crippen LogP contribution is -2.54. The number of hydrogen-bond acceptors (Lipinski definition) is 3. The lowest BCUT2D eigenvalue weighted by molar-refractivity contribution is -0.0476. The number of aliphatic hydroxyl groups is 1. The van der Waals surface area contributed by atoms with E-state index in [4.69, 9.17) is 0 Å². The average molecular weight is 266 g/mol. The first-order valence-corrected chi connectivity index (χ1v) is 8.35. The standard InChI is InChI=1S/C16H30N2O/c19-16(8-2-1-3-9-16)14-18-11-5-7-15(13-18)6-4-10-17-12-15/h17,19H,1-14H2. The Hall–Kier alpha value is -0.120. The Morgan fingerprint density at radius 3 is 2.47 bits per heavy atom. The predicted octanol–water partition coefficient (Wildman–Crippen LogP) is 2.15. The molecule has 19 heavy (non-hydrogen) atoms. The van der Waals surface area contributed by atoms with Crippen LogP contribution in [-0.4, -0.2) is 48.3 Å². The van der Waals surface area contributed by atoms with Crippen LogP contribution in [0.2, 0.25) is 0 Å². The summed E-state index contributed by atoms with van der Waals surface area (Å²) in [6.07, 6.45) is 11.2. The van der Waals surface area contributed by atoms with Crippen molar-refractivity contribution in [3.05, 3.63) is 0 Å². The number of likely N-dealkylation sites (tertiary alicyclic amines) is 1. The summed E-state index contributed by atoms with van der Waals surface area (Å²) in [7, 11) is 0. The molecule has 0 aromatic heterocycles. The van der Waals surface area contributed by atoms with E-state index in [9.17, 15) is 5.11 Å². The van der Waals surface area contributed by atoms with Crippen molar-refractivity contribution in [3.63, 3.8) is 0 Å². The van der Waals surface area contributed by atoms with Gasteiger partial charge in [0, 0.05) is 19.6 Å². The maximum Gasteiger partial charge on any atom is 0.0774 e. The molecular weight excluding hydrogens is 236 g/mol. The van der Waals surface area contributed by atoms with E-state index in [0.717, 1.165) is 19.4 Å². The third-order valence-corrected chi connectivity index (χ3v) is 5.60. The second-order valence-electron chi connectivity index (χ2n) is 7.38. The van der Waals surface area contributed by atoms with Crippen LogP contribution in [-0.2, 0) is 0 Å².